The van der Waals surface area contributed by atoms with Gasteiger partial charge in [0.1, 0.15) is 0 Å². The second-order valence-corrected chi connectivity index (χ2v) is 5.31. The Morgan fingerprint density at radius 1 is 1.39 bits per heavy atom. The van der Waals surface area contributed by atoms with Crippen molar-refractivity contribution in [2.24, 2.45) is 0 Å². The minimum absolute atomic E-state index is 0.239. The van der Waals surface area contributed by atoms with Gasteiger partial charge in [0.25, 0.3) is 0 Å². The summed E-state index contributed by atoms with van der Waals surface area (Å²) in [5.41, 5.74) is 1.27. The number of carboxylic acids is 1. The van der Waals surface area contributed by atoms with Crippen LogP contribution in [0.15, 0.2) is 29.2 Å². The van der Waals surface area contributed by atoms with E-state index in [0.29, 0.717) is 12.5 Å². The van der Waals surface area contributed by atoms with Gasteiger partial charge in [-0.1, -0.05) is 12.1 Å². The Kier molecular flexibility index (Phi) is 6.22. The first-order valence-electron chi connectivity index (χ1n) is 6.10. The number of hydrogen-bond donors (Lipinski definition) is 1. The Balaban J connectivity index is 2.51. The molecule has 0 heterocycles. The molecule has 0 aliphatic heterocycles. The highest BCUT2D eigenvalue weighted by atomic mass is 32.2. The molecule has 0 aliphatic carbocycles. The fourth-order valence-corrected chi connectivity index (χ4v) is 2.22. The van der Waals surface area contributed by atoms with Crippen LogP contribution in [0.1, 0.15) is 31.4 Å². The van der Waals surface area contributed by atoms with Crippen LogP contribution in [0.3, 0.4) is 0 Å². The van der Waals surface area contributed by atoms with Crippen LogP contribution in [0.5, 0.6) is 0 Å². The second-order valence-electron chi connectivity index (χ2n) is 4.43. The molecule has 1 rings (SSSR count). The lowest BCUT2D eigenvalue weighted by molar-refractivity contribution is -0.137. The number of rotatable bonds is 7. The van der Waals surface area contributed by atoms with Crippen molar-refractivity contribution in [3.05, 3.63) is 29.8 Å². The van der Waals surface area contributed by atoms with Crippen LogP contribution in [-0.2, 0) is 4.79 Å². The largest absolute Gasteiger partial charge is 0.481 e. The Bertz CT molecular complexity index is 378. The summed E-state index contributed by atoms with van der Waals surface area (Å²) in [7, 11) is 2.04. The number of thioether (sulfide) groups is 1. The summed E-state index contributed by atoms with van der Waals surface area (Å²) in [6.07, 6.45) is 3.00. The number of carbonyl (C=O) groups is 1. The average Bonchev–Trinajstić information content (AvgIpc) is 2.37. The molecular weight excluding hydrogens is 246 g/mol. The monoisotopic (exact) mass is 267 g/mol. The molecule has 1 aromatic carbocycles. The molecule has 1 atom stereocenters. The van der Waals surface area contributed by atoms with Crippen molar-refractivity contribution in [1.29, 1.82) is 0 Å². The van der Waals surface area contributed by atoms with Crippen LogP contribution >= 0.6 is 11.8 Å². The maximum atomic E-state index is 10.5. The molecule has 0 saturated heterocycles. The third-order valence-corrected chi connectivity index (χ3v) is 3.90. The highest BCUT2D eigenvalue weighted by Gasteiger charge is 2.11. The maximum Gasteiger partial charge on any atom is 0.303 e. The third-order valence-electron chi connectivity index (χ3n) is 3.16. The first-order chi connectivity index (χ1) is 8.54. The fourth-order valence-electron chi connectivity index (χ4n) is 1.81. The van der Waals surface area contributed by atoms with Gasteiger partial charge in [-0.25, -0.2) is 0 Å². The summed E-state index contributed by atoms with van der Waals surface area (Å²) in [4.78, 5) is 13.9. The van der Waals surface area contributed by atoms with Crippen molar-refractivity contribution in [2.45, 2.75) is 30.7 Å². The van der Waals surface area contributed by atoms with E-state index in [0.717, 1.165) is 6.54 Å². The van der Waals surface area contributed by atoms with Gasteiger partial charge in [0.2, 0.25) is 0 Å². The van der Waals surface area contributed by atoms with Gasteiger partial charge in [-0.15, -0.1) is 11.8 Å². The summed E-state index contributed by atoms with van der Waals surface area (Å²) in [6, 6.07) is 8.85. The van der Waals surface area contributed by atoms with E-state index in [2.05, 4.69) is 42.3 Å². The number of nitrogens with zero attached hydrogens (tertiary/aromatic N) is 1. The summed E-state index contributed by atoms with van der Waals surface area (Å²) >= 11 is 1.74. The van der Waals surface area contributed by atoms with Gasteiger partial charge in [0.05, 0.1) is 0 Å². The Morgan fingerprint density at radius 2 is 2.00 bits per heavy atom. The van der Waals surface area contributed by atoms with E-state index >= 15 is 0 Å². The van der Waals surface area contributed by atoms with E-state index in [9.17, 15) is 4.79 Å². The Labute approximate surface area is 113 Å². The summed E-state index contributed by atoms with van der Waals surface area (Å²) in [6.45, 7) is 2.95. The van der Waals surface area contributed by atoms with E-state index in [4.69, 9.17) is 5.11 Å². The topological polar surface area (TPSA) is 40.5 Å². The lowest BCUT2D eigenvalue weighted by atomic mass is 10.1. The van der Waals surface area contributed by atoms with Gasteiger partial charge in [-0.2, -0.15) is 0 Å². The highest BCUT2D eigenvalue weighted by molar-refractivity contribution is 7.98. The zero-order valence-corrected chi connectivity index (χ0v) is 12.0. The van der Waals surface area contributed by atoms with E-state index < -0.39 is 5.97 Å². The number of benzene rings is 1. The molecule has 0 aromatic heterocycles. The molecule has 0 saturated carbocycles. The average molecular weight is 267 g/mol. The lowest BCUT2D eigenvalue weighted by Crippen LogP contribution is -2.24. The molecule has 0 spiro atoms. The quantitative estimate of drug-likeness (QED) is 0.770. The Morgan fingerprint density at radius 3 is 2.50 bits per heavy atom. The van der Waals surface area contributed by atoms with Gasteiger partial charge in [-0.3, -0.25) is 9.69 Å². The van der Waals surface area contributed by atoms with Crippen LogP contribution in [-0.4, -0.2) is 35.8 Å². The van der Waals surface area contributed by atoms with E-state index in [1.165, 1.54) is 10.5 Å². The molecular formula is C14H21NO2S. The second kappa shape index (κ2) is 7.44. The summed E-state index contributed by atoms with van der Waals surface area (Å²) in [5.74, 6) is -0.722. The summed E-state index contributed by atoms with van der Waals surface area (Å²) in [5, 5.41) is 8.62. The summed E-state index contributed by atoms with van der Waals surface area (Å²) < 4.78 is 0. The van der Waals surface area contributed by atoms with Crippen molar-refractivity contribution >= 4 is 17.7 Å². The zero-order chi connectivity index (χ0) is 13.5. The van der Waals surface area contributed by atoms with Crippen molar-refractivity contribution in [2.75, 3.05) is 19.8 Å². The molecule has 3 nitrogen and oxygen atoms in total. The first-order valence-corrected chi connectivity index (χ1v) is 7.33. The van der Waals surface area contributed by atoms with Gasteiger partial charge in [-0.05, 0) is 50.9 Å². The first kappa shape index (κ1) is 15.1. The fraction of sp³-hybridized carbons (Fsp3) is 0.500. The molecule has 100 valence electrons. The van der Waals surface area contributed by atoms with Crippen LogP contribution in [0.2, 0.25) is 0 Å². The smallest absolute Gasteiger partial charge is 0.303 e. The predicted octanol–water partition coefficient (Wildman–Crippen LogP) is 3.27. The van der Waals surface area contributed by atoms with Gasteiger partial charge >= 0.3 is 5.97 Å². The van der Waals surface area contributed by atoms with E-state index in [1.807, 2.05) is 7.05 Å². The molecule has 0 fully saturated rings. The van der Waals surface area contributed by atoms with E-state index in [-0.39, 0.29) is 6.42 Å². The van der Waals surface area contributed by atoms with Crippen LogP contribution in [0.4, 0.5) is 0 Å². The van der Waals surface area contributed by atoms with Crippen LogP contribution in [0, 0.1) is 0 Å². The molecule has 18 heavy (non-hydrogen) atoms. The molecule has 1 N–H and O–H groups in total. The molecule has 1 aromatic rings. The molecule has 4 heteroatoms. The molecule has 0 amide bonds. The molecule has 1 unspecified atom stereocenters. The number of aliphatic carboxylic acids is 1. The molecule has 0 aliphatic rings. The van der Waals surface area contributed by atoms with Crippen LogP contribution < -0.4 is 0 Å². The van der Waals surface area contributed by atoms with Gasteiger partial charge in [0, 0.05) is 17.4 Å². The van der Waals surface area contributed by atoms with Crippen molar-refractivity contribution < 1.29 is 9.90 Å². The van der Waals surface area contributed by atoms with E-state index in [1.54, 1.807) is 11.8 Å². The van der Waals surface area contributed by atoms with Crippen molar-refractivity contribution in [3.63, 3.8) is 0 Å². The molecule has 0 bridgehead atoms. The minimum Gasteiger partial charge on any atom is -0.481 e. The number of carboxylic acid groups (broad SMARTS) is 1. The molecule has 0 radical (unpaired) electrons. The Hall–Kier alpha value is -1.00. The van der Waals surface area contributed by atoms with Gasteiger partial charge < -0.3 is 5.11 Å². The maximum absolute atomic E-state index is 10.5. The van der Waals surface area contributed by atoms with Crippen molar-refractivity contribution in [3.8, 4) is 0 Å². The van der Waals surface area contributed by atoms with Crippen molar-refractivity contribution in [1.82, 2.24) is 4.90 Å². The predicted molar refractivity (Wildman–Crippen MR) is 76.1 cm³/mol. The zero-order valence-electron chi connectivity index (χ0n) is 11.2. The SMILES string of the molecule is CSc1ccc(C(C)N(C)CCCC(=O)O)cc1. The standard InChI is InChI=1S/C14H21NO2S/c1-11(15(2)10-4-5-14(16)17)12-6-8-13(18-3)9-7-12/h6-9,11H,4-5,10H2,1-3H3,(H,16,17). The lowest BCUT2D eigenvalue weighted by Gasteiger charge is -2.25. The normalized spacial score (nSPS) is 12.7. The minimum atomic E-state index is -0.722. The highest BCUT2D eigenvalue weighted by Crippen LogP contribution is 2.22. The van der Waals surface area contributed by atoms with Gasteiger partial charge in [0.15, 0.2) is 0 Å². The van der Waals surface area contributed by atoms with Crippen LogP contribution in [0.25, 0.3) is 0 Å². The number of hydrogen-bond acceptors (Lipinski definition) is 3. The third kappa shape index (κ3) is 4.70.